The van der Waals surface area contributed by atoms with Crippen molar-refractivity contribution >= 4 is 5.95 Å². The Kier molecular flexibility index (Phi) is 2.87. The van der Waals surface area contributed by atoms with Gasteiger partial charge >= 0.3 is 0 Å². The maximum absolute atomic E-state index is 4.67. The van der Waals surface area contributed by atoms with Crippen LogP contribution in [-0.2, 0) is 0 Å². The molecule has 1 atom stereocenters. The Morgan fingerprint density at radius 2 is 2.11 bits per heavy atom. The summed E-state index contributed by atoms with van der Waals surface area (Å²) in [7, 11) is 0. The molecule has 1 aromatic heterocycles. The smallest absolute Gasteiger partial charge is 0.203 e. The Labute approximate surface area is 110 Å². The van der Waals surface area contributed by atoms with Gasteiger partial charge in [-0.1, -0.05) is 20.3 Å². The minimum Gasteiger partial charge on any atom is -0.353 e. The van der Waals surface area contributed by atoms with Crippen LogP contribution in [0.4, 0.5) is 5.95 Å². The fraction of sp³-hybridized carbons (Fsp3) is 0.800. The van der Waals surface area contributed by atoms with Gasteiger partial charge in [0.25, 0.3) is 0 Å². The predicted octanol–water partition coefficient (Wildman–Crippen LogP) is 3.91. The SMILES string of the molecule is Cc1cn(C2CC2)c(NC2CCCC(C)(C)C2)n1. The van der Waals surface area contributed by atoms with Crippen LogP contribution in [0, 0.1) is 12.3 Å². The molecule has 100 valence electrons. The van der Waals surface area contributed by atoms with E-state index >= 15 is 0 Å². The third-order valence-corrected chi connectivity index (χ3v) is 4.33. The molecule has 2 aliphatic carbocycles. The van der Waals surface area contributed by atoms with Crippen molar-refractivity contribution < 1.29 is 0 Å². The van der Waals surface area contributed by atoms with Gasteiger partial charge in [-0.15, -0.1) is 0 Å². The number of rotatable bonds is 3. The molecule has 2 saturated carbocycles. The van der Waals surface area contributed by atoms with Crippen LogP contribution in [0.25, 0.3) is 0 Å². The molecule has 0 saturated heterocycles. The van der Waals surface area contributed by atoms with Crippen molar-refractivity contribution in [3.05, 3.63) is 11.9 Å². The molecule has 1 unspecified atom stereocenters. The van der Waals surface area contributed by atoms with Gasteiger partial charge in [0, 0.05) is 18.3 Å². The highest BCUT2D eigenvalue weighted by Crippen LogP contribution is 2.39. The Morgan fingerprint density at radius 3 is 2.78 bits per heavy atom. The van der Waals surface area contributed by atoms with Gasteiger partial charge in [0.2, 0.25) is 5.95 Å². The quantitative estimate of drug-likeness (QED) is 0.877. The zero-order valence-corrected chi connectivity index (χ0v) is 11.9. The number of nitrogens with zero attached hydrogens (tertiary/aromatic N) is 2. The van der Waals surface area contributed by atoms with E-state index in [1.54, 1.807) is 0 Å². The van der Waals surface area contributed by atoms with Gasteiger partial charge < -0.3 is 9.88 Å². The maximum atomic E-state index is 4.67. The van der Waals surface area contributed by atoms with Crippen molar-refractivity contribution in [3.8, 4) is 0 Å². The largest absolute Gasteiger partial charge is 0.353 e. The number of imidazole rings is 1. The Hall–Kier alpha value is -0.990. The van der Waals surface area contributed by atoms with Gasteiger partial charge in [0.15, 0.2) is 0 Å². The average molecular weight is 247 g/mol. The fourth-order valence-electron chi connectivity index (χ4n) is 3.26. The van der Waals surface area contributed by atoms with Gasteiger partial charge in [0.1, 0.15) is 0 Å². The van der Waals surface area contributed by atoms with E-state index in [4.69, 9.17) is 0 Å². The first-order valence-electron chi connectivity index (χ1n) is 7.35. The minimum absolute atomic E-state index is 0.488. The summed E-state index contributed by atoms with van der Waals surface area (Å²) in [5.41, 5.74) is 1.63. The van der Waals surface area contributed by atoms with E-state index in [1.807, 2.05) is 0 Å². The van der Waals surface area contributed by atoms with Crippen LogP contribution in [0.3, 0.4) is 0 Å². The molecule has 18 heavy (non-hydrogen) atoms. The summed E-state index contributed by atoms with van der Waals surface area (Å²) in [5, 5.41) is 3.70. The molecule has 0 amide bonds. The van der Waals surface area contributed by atoms with Crippen LogP contribution in [0.2, 0.25) is 0 Å². The summed E-state index contributed by atoms with van der Waals surface area (Å²) >= 11 is 0. The zero-order valence-electron chi connectivity index (χ0n) is 11.9. The first-order valence-corrected chi connectivity index (χ1v) is 7.35. The van der Waals surface area contributed by atoms with E-state index in [0.29, 0.717) is 17.5 Å². The van der Waals surface area contributed by atoms with Crippen molar-refractivity contribution in [3.63, 3.8) is 0 Å². The average Bonchev–Trinajstić information content (AvgIpc) is 3.03. The van der Waals surface area contributed by atoms with Crippen LogP contribution < -0.4 is 5.32 Å². The summed E-state index contributed by atoms with van der Waals surface area (Å²) in [6.07, 6.45) is 10.1. The predicted molar refractivity (Wildman–Crippen MR) is 74.9 cm³/mol. The van der Waals surface area contributed by atoms with Gasteiger partial charge in [-0.25, -0.2) is 4.98 Å². The molecule has 0 aromatic carbocycles. The van der Waals surface area contributed by atoms with Gasteiger partial charge in [-0.05, 0) is 44.4 Å². The zero-order chi connectivity index (χ0) is 12.8. The van der Waals surface area contributed by atoms with Crippen LogP contribution in [-0.4, -0.2) is 15.6 Å². The van der Waals surface area contributed by atoms with Gasteiger partial charge in [0.05, 0.1) is 5.69 Å². The number of hydrogen-bond donors (Lipinski definition) is 1. The molecule has 0 spiro atoms. The molecule has 0 radical (unpaired) electrons. The number of nitrogens with one attached hydrogen (secondary N) is 1. The summed E-state index contributed by atoms with van der Waals surface area (Å²) in [6, 6.07) is 1.32. The molecular weight excluding hydrogens is 222 g/mol. The third-order valence-electron chi connectivity index (χ3n) is 4.33. The monoisotopic (exact) mass is 247 g/mol. The molecule has 2 fully saturated rings. The second-order valence-corrected chi connectivity index (χ2v) is 6.95. The molecular formula is C15H25N3. The highest BCUT2D eigenvalue weighted by atomic mass is 15.2. The molecule has 3 heteroatoms. The molecule has 1 heterocycles. The lowest BCUT2D eigenvalue weighted by atomic mass is 9.75. The van der Waals surface area contributed by atoms with E-state index in [-0.39, 0.29) is 0 Å². The lowest BCUT2D eigenvalue weighted by molar-refractivity contribution is 0.229. The van der Waals surface area contributed by atoms with E-state index in [0.717, 1.165) is 11.6 Å². The number of aryl methyl sites for hydroxylation is 1. The standard InChI is InChI=1S/C15H25N3/c1-11-10-18(13-6-7-13)14(16-11)17-12-5-4-8-15(2,3)9-12/h10,12-13H,4-9H2,1-3H3,(H,16,17). The Morgan fingerprint density at radius 1 is 1.33 bits per heavy atom. The second-order valence-electron chi connectivity index (χ2n) is 6.95. The summed E-state index contributed by atoms with van der Waals surface area (Å²) < 4.78 is 2.36. The van der Waals surface area contributed by atoms with Crippen molar-refractivity contribution in [2.24, 2.45) is 5.41 Å². The summed E-state index contributed by atoms with van der Waals surface area (Å²) in [4.78, 5) is 4.67. The van der Waals surface area contributed by atoms with E-state index in [9.17, 15) is 0 Å². The van der Waals surface area contributed by atoms with Crippen LogP contribution in [0.15, 0.2) is 6.20 Å². The molecule has 2 aliphatic rings. The van der Waals surface area contributed by atoms with Gasteiger partial charge in [-0.2, -0.15) is 0 Å². The van der Waals surface area contributed by atoms with Crippen molar-refractivity contribution in [1.29, 1.82) is 0 Å². The normalized spacial score (nSPS) is 27.2. The van der Waals surface area contributed by atoms with Crippen molar-refractivity contribution in [1.82, 2.24) is 9.55 Å². The third kappa shape index (κ3) is 2.55. The first-order chi connectivity index (χ1) is 8.53. The topological polar surface area (TPSA) is 29.9 Å². The highest BCUT2D eigenvalue weighted by molar-refractivity contribution is 5.32. The fourth-order valence-corrected chi connectivity index (χ4v) is 3.26. The molecule has 3 rings (SSSR count). The van der Waals surface area contributed by atoms with Crippen LogP contribution in [0.5, 0.6) is 0 Å². The molecule has 0 aliphatic heterocycles. The molecule has 1 aromatic rings. The van der Waals surface area contributed by atoms with Crippen LogP contribution >= 0.6 is 0 Å². The lowest BCUT2D eigenvalue weighted by Crippen LogP contribution is -2.32. The molecule has 1 N–H and O–H groups in total. The summed E-state index contributed by atoms with van der Waals surface area (Å²) in [5.74, 6) is 1.11. The highest BCUT2D eigenvalue weighted by Gasteiger charge is 2.30. The van der Waals surface area contributed by atoms with E-state index < -0.39 is 0 Å². The van der Waals surface area contributed by atoms with Crippen molar-refractivity contribution in [2.75, 3.05) is 5.32 Å². The first kappa shape index (κ1) is 12.1. The lowest BCUT2D eigenvalue weighted by Gasteiger charge is -2.35. The van der Waals surface area contributed by atoms with E-state index in [2.05, 4.69) is 41.8 Å². The maximum Gasteiger partial charge on any atom is 0.203 e. The van der Waals surface area contributed by atoms with Crippen molar-refractivity contribution in [2.45, 2.75) is 71.4 Å². The number of aromatic nitrogens is 2. The molecule has 0 bridgehead atoms. The number of hydrogen-bond acceptors (Lipinski definition) is 2. The van der Waals surface area contributed by atoms with E-state index in [1.165, 1.54) is 38.5 Å². The second kappa shape index (κ2) is 4.29. The van der Waals surface area contributed by atoms with Gasteiger partial charge in [-0.3, -0.25) is 0 Å². The molecule has 3 nitrogen and oxygen atoms in total. The van der Waals surface area contributed by atoms with Crippen LogP contribution in [0.1, 0.15) is 64.1 Å². The Bertz CT molecular complexity index is 429. The Balaban J connectivity index is 1.72. The summed E-state index contributed by atoms with van der Waals surface area (Å²) in [6.45, 7) is 6.87. The minimum atomic E-state index is 0.488. The number of anilines is 1.